The van der Waals surface area contributed by atoms with Crippen LogP contribution in [-0.4, -0.2) is 20.7 Å². The van der Waals surface area contributed by atoms with Crippen LogP contribution in [0.15, 0.2) is 29.0 Å². The highest BCUT2D eigenvalue weighted by atomic mass is 79.9. The second kappa shape index (κ2) is 5.83. The Bertz CT molecular complexity index is 577. The Labute approximate surface area is 118 Å². The van der Waals surface area contributed by atoms with E-state index in [9.17, 15) is 4.79 Å². The van der Waals surface area contributed by atoms with Crippen LogP contribution in [0, 0.1) is 0 Å². The molecule has 0 saturated carbocycles. The summed E-state index contributed by atoms with van der Waals surface area (Å²) in [6.45, 7) is 2.70. The summed E-state index contributed by atoms with van der Waals surface area (Å²) in [6.07, 6.45) is 1.43. The third kappa shape index (κ3) is 3.31. The number of aromatic nitrogens is 3. The number of nitrogens with two attached hydrogens (primary N) is 1. The first-order valence-corrected chi connectivity index (χ1v) is 6.49. The molecule has 0 amide bonds. The van der Waals surface area contributed by atoms with Gasteiger partial charge in [-0.3, -0.25) is 0 Å². The Morgan fingerprint density at radius 1 is 1.47 bits per heavy atom. The minimum absolute atomic E-state index is 0.0824. The molecule has 0 atom stereocenters. The quantitative estimate of drug-likeness (QED) is 0.687. The summed E-state index contributed by atoms with van der Waals surface area (Å²) in [7, 11) is 0. The third-order valence-electron chi connectivity index (χ3n) is 2.48. The summed E-state index contributed by atoms with van der Waals surface area (Å²) < 4.78 is 7.59. The van der Waals surface area contributed by atoms with E-state index in [1.54, 1.807) is 22.9 Å². The fourth-order valence-electron chi connectivity index (χ4n) is 1.61. The Morgan fingerprint density at radius 2 is 2.26 bits per heavy atom. The molecule has 2 rings (SSSR count). The van der Waals surface area contributed by atoms with Gasteiger partial charge in [0.05, 0.1) is 5.56 Å². The van der Waals surface area contributed by atoms with Crippen LogP contribution >= 0.6 is 15.9 Å². The maximum atomic E-state index is 11.9. The van der Waals surface area contributed by atoms with Gasteiger partial charge in [0.25, 0.3) is 0 Å². The van der Waals surface area contributed by atoms with Crippen molar-refractivity contribution in [3.05, 3.63) is 40.4 Å². The fraction of sp³-hybridized carbons (Fsp3) is 0.250. The molecule has 0 unspecified atom stereocenters. The molecule has 2 N–H and O–H groups in total. The molecule has 0 aliphatic carbocycles. The number of nitrogens with zero attached hydrogens (tertiary/aromatic N) is 3. The van der Waals surface area contributed by atoms with Gasteiger partial charge >= 0.3 is 5.97 Å². The van der Waals surface area contributed by atoms with Crippen LogP contribution in [0.1, 0.15) is 23.1 Å². The summed E-state index contributed by atoms with van der Waals surface area (Å²) in [5.74, 6) is 0.164. The fourth-order valence-corrected chi connectivity index (χ4v) is 2.12. The summed E-state index contributed by atoms with van der Waals surface area (Å²) in [4.78, 5) is 15.9. The minimum atomic E-state index is -0.446. The molecule has 19 heavy (non-hydrogen) atoms. The van der Waals surface area contributed by atoms with Crippen LogP contribution in [0.4, 0.5) is 5.69 Å². The van der Waals surface area contributed by atoms with Crippen LogP contribution in [0.3, 0.4) is 0 Å². The van der Waals surface area contributed by atoms with E-state index in [0.717, 1.165) is 4.47 Å². The standard InChI is InChI=1S/C12H13BrN4O2/c1-2-17-11(15-7-16-17)6-19-12(18)8-3-9(13)5-10(14)4-8/h3-5,7H,2,6,14H2,1H3. The Morgan fingerprint density at radius 3 is 2.95 bits per heavy atom. The van der Waals surface area contributed by atoms with Crippen molar-refractivity contribution in [2.45, 2.75) is 20.1 Å². The molecule has 0 aliphatic rings. The average Bonchev–Trinajstić information content (AvgIpc) is 2.82. The maximum absolute atomic E-state index is 11.9. The number of carbonyl (C=O) groups excluding carboxylic acids is 1. The molecule has 2 aromatic rings. The van der Waals surface area contributed by atoms with Gasteiger partial charge in [-0.1, -0.05) is 15.9 Å². The lowest BCUT2D eigenvalue weighted by Gasteiger charge is -2.06. The average molecular weight is 325 g/mol. The van der Waals surface area contributed by atoms with Crippen molar-refractivity contribution in [2.75, 3.05) is 5.73 Å². The number of carbonyl (C=O) groups is 1. The summed E-state index contributed by atoms with van der Waals surface area (Å²) in [5, 5.41) is 4.00. The molecule has 1 aromatic carbocycles. The SMILES string of the molecule is CCn1ncnc1COC(=O)c1cc(N)cc(Br)c1. The zero-order valence-corrected chi connectivity index (χ0v) is 11.9. The van der Waals surface area contributed by atoms with E-state index in [0.29, 0.717) is 23.6 Å². The molecule has 7 heteroatoms. The van der Waals surface area contributed by atoms with Crippen LogP contribution in [0.5, 0.6) is 0 Å². The molecular formula is C12H13BrN4O2. The molecule has 0 bridgehead atoms. The van der Waals surface area contributed by atoms with Gasteiger partial charge in [0, 0.05) is 16.7 Å². The van der Waals surface area contributed by atoms with E-state index in [-0.39, 0.29) is 6.61 Å². The number of nitrogen functional groups attached to an aromatic ring is 1. The smallest absolute Gasteiger partial charge is 0.338 e. The van der Waals surface area contributed by atoms with Gasteiger partial charge in [0.2, 0.25) is 0 Å². The number of halogens is 1. The van der Waals surface area contributed by atoms with Gasteiger partial charge < -0.3 is 10.5 Å². The van der Waals surface area contributed by atoms with Crippen LogP contribution in [0.2, 0.25) is 0 Å². The molecule has 0 spiro atoms. The van der Waals surface area contributed by atoms with Crippen LogP contribution in [-0.2, 0) is 17.9 Å². The Hall–Kier alpha value is -1.89. The Balaban J connectivity index is 2.05. The van der Waals surface area contributed by atoms with Gasteiger partial charge in [-0.2, -0.15) is 5.10 Å². The summed E-state index contributed by atoms with van der Waals surface area (Å²) in [5.41, 5.74) is 6.57. The number of anilines is 1. The Kier molecular flexibility index (Phi) is 4.16. The lowest BCUT2D eigenvalue weighted by atomic mass is 10.2. The van der Waals surface area contributed by atoms with Gasteiger partial charge in [-0.15, -0.1) is 0 Å². The number of rotatable bonds is 4. The zero-order chi connectivity index (χ0) is 13.8. The number of aryl methyl sites for hydroxylation is 1. The molecule has 1 heterocycles. The van der Waals surface area contributed by atoms with Crippen molar-refractivity contribution >= 4 is 27.6 Å². The largest absolute Gasteiger partial charge is 0.454 e. The van der Waals surface area contributed by atoms with E-state index >= 15 is 0 Å². The third-order valence-corrected chi connectivity index (χ3v) is 2.94. The van der Waals surface area contributed by atoms with Crippen molar-refractivity contribution in [1.29, 1.82) is 0 Å². The van der Waals surface area contributed by atoms with E-state index < -0.39 is 5.97 Å². The molecule has 0 fully saturated rings. The second-order valence-corrected chi connectivity index (χ2v) is 4.76. The molecule has 1 aromatic heterocycles. The number of hydrogen-bond donors (Lipinski definition) is 1. The summed E-state index contributed by atoms with van der Waals surface area (Å²) >= 11 is 3.28. The molecule has 0 aliphatic heterocycles. The lowest BCUT2D eigenvalue weighted by Crippen LogP contribution is -2.10. The van der Waals surface area contributed by atoms with Crippen molar-refractivity contribution in [1.82, 2.24) is 14.8 Å². The molecule has 0 saturated heterocycles. The molecule has 0 radical (unpaired) electrons. The highest BCUT2D eigenvalue weighted by Gasteiger charge is 2.11. The number of esters is 1. The van der Waals surface area contributed by atoms with E-state index in [1.807, 2.05) is 6.92 Å². The number of ether oxygens (including phenoxy) is 1. The van der Waals surface area contributed by atoms with Crippen LogP contribution < -0.4 is 5.73 Å². The van der Waals surface area contributed by atoms with Crippen molar-refractivity contribution in [3.63, 3.8) is 0 Å². The van der Waals surface area contributed by atoms with E-state index in [1.165, 1.54) is 6.33 Å². The predicted molar refractivity (Wildman–Crippen MR) is 73.4 cm³/mol. The van der Waals surface area contributed by atoms with Gasteiger partial charge in [0.15, 0.2) is 12.4 Å². The van der Waals surface area contributed by atoms with E-state index in [2.05, 4.69) is 26.0 Å². The normalized spacial score (nSPS) is 10.4. The van der Waals surface area contributed by atoms with Gasteiger partial charge in [0.1, 0.15) is 6.33 Å². The number of benzene rings is 1. The highest BCUT2D eigenvalue weighted by molar-refractivity contribution is 9.10. The predicted octanol–water partition coefficient (Wildman–Crippen LogP) is 2.00. The van der Waals surface area contributed by atoms with Gasteiger partial charge in [-0.05, 0) is 25.1 Å². The second-order valence-electron chi connectivity index (χ2n) is 3.84. The molecular weight excluding hydrogens is 312 g/mol. The van der Waals surface area contributed by atoms with Crippen molar-refractivity contribution in [2.24, 2.45) is 0 Å². The maximum Gasteiger partial charge on any atom is 0.338 e. The molecule has 100 valence electrons. The van der Waals surface area contributed by atoms with Crippen molar-refractivity contribution in [3.8, 4) is 0 Å². The summed E-state index contributed by atoms with van der Waals surface area (Å²) in [6, 6.07) is 4.94. The topological polar surface area (TPSA) is 83.0 Å². The van der Waals surface area contributed by atoms with Crippen LogP contribution in [0.25, 0.3) is 0 Å². The van der Waals surface area contributed by atoms with Gasteiger partial charge in [-0.25, -0.2) is 14.5 Å². The zero-order valence-electron chi connectivity index (χ0n) is 10.3. The lowest BCUT2D eigenvalue weighted by molar-refractivity contribution is 0.0457. The minimum Gasteiger partial charge on any atom is -0.454 e. The first-order valence-electron chi connectivity index (χ1n) is 5.70. The monoisotopic (exact) mass is 324 g/mol. The number of hydrogen-bond acceptors (Lipinski definition) is 5. The first kappa shape index (κ1) is 13.5. The first-order chi connectivity index (χ1) is 9.10. The van der Waals surface area contributed by atoms with E-state index in [4.69, 9.17) is 10.5 Å². The molecule has 6 nitrogen and oxygen atoms in total. The van der Waals surface area contributed by atoms with Crippen molar-refractivity contribution < 1.29 is 9.53 Å². The highest BCUT2D eigenvalue weighted by Crippen LogP contribution is 2.18.